The lowest BCUT2D eigenvalue weighted by Gasteiger charge is -2.42. The fraction of sp³-hybridized carbons (Fsp3) is 0.679. The van der Waals surface area contributed by atoms with Crippen LogP contribution in [0.3, 0.4) is 0 Å². The van der Waals surface area contributed by atoms with E-state index >= 15 is 0 Å². The zero-order chi connectivity index (χ0) is 23.5. The molecule has 182 valence electrons. The maximum absolute atomic E-state index is 12.5. The molecule has 1 atom stereocenters. The number of hydrogen-bond donors (Lipinski definition) is 2. The van der Waals surface area contributed by atoms with E-state index in [2.05, 4.69) is 59.0 Å². The molecule has 1 aromatic carbocycles. The number of para-hydroxylation sites is 1. The summed E-state index contributed by atoms with van der Waals surface area (Å²) in [6.07, 6.45) is 7.88. The van der Waals surface area contributed by atoms with Gasteiger partial charge in [-0.15, -0.1) is 0 Å². The average Bonchev–Trinajstić information content (AvgIpc) is 3.20. The highest BCUT2D eigenvalue weighted by molar-refractivity contribution is 5.83. The van der Waals surface area contributed by atoms with Crippen molar-refractivity contribution in [1.29, 1.82) is 0 Å². The molecule has 4 rings (SSSR count). The monoisotopic (exact) mass is 452 g/mol. The maximum Gasteiger partial charge on any atom is 0.237 e. The molecule has 2 aromatic rings. The number of hydrogen-bond acceptors (Lipinski definition) is 3. The van der Waals surface area contributed by atoms with Gasteiger partial charge in [0.15, 0.2) is 0 Å². The molecule has 2 heterocycles. The van der Waals surface area contributed by atoms with Crippen LogP contribution in [0.5, 0.6) is 0 Å². The molecule has 5 heteroatoms. The quantitative estimate of drug-likeness (QED) is 0.615. The number of carbonyl (C=O) groups is 1. The highest BCUT2D eigenvalue weighted by Crippen LogP contribution is 2.36. The van der Waals surface area contributed by atoms with Crippen LogP contribution in [0.2, 0.25) is 0 Å². The lowest BCUT2D eigenvalue weighted by Crippen LogP contribution is -2.44. The van der Waals surface area contributed by atoms with Crippen LogP contribution in [0.1, 0.15) is 78.0 Å². The first-order valence-corrected chi connectivity index (χ1v) is 13.2. The summed E-state index contributed by atoms with van der Waals surface area (Å²) < 4.78 is 2.50. The molecule has 1 aliphatic carbocycles. The molecule has 33 heavy (non-hydrogen) atoms. The third-order valence-corrected chi connectivity index (χ3v) is 8.36. The number of rotatable bonds is 7. The van der Waals surface area contributed by atoms with Gasteiger partial charge in [0.2, 0.25) is 5.91 Å². The number of piperidine rings is 1. The Hall–Kier alpha value is -1.85. The van der Waals surface area contributed by atoms with Gasteiger partial charge in [-0.25, -0.2) is 0 Å². The van der Waals surface area contributed by atoms with E-state index in [9.17, 15) is 4.79 Å². The predicted molar refractivity (Wildman–Crippen MR) is 137 cm³/mol. The zero-order valence-electron chi connectivity index (χ0n) is 21.1. The SMILES string of the molecule is CC(C)C1CCC(N2CCC(n3c(CNC(=O)C(N)C(C)C)cc4ccccc43)CC2)CC1. The fourth-order valence-electron chi connectivity index (χ4n) is 6.04. The van der Waals surface area contributed by atoms with Crippen molar-refractivity contribution >= 4 is 16.8 Å². The first-order valence-electron chi connectivity index (χ1n) is 13.2. The van der Waals surface area contributed by atoms with Crippen molar-refractivity contribution in [3.05, 3.63) is 36.0 Å². The predicted octanol–water partition coefficient (Wildman–Crippen LogP) is 5.09. The smallest absolute Gasteiger partial charge is 0.237 e. The molecule has 3 N–H and O–H groups in total. The van der Waals surface area contributed by atoms with Crippen molar-refractivity contribution in [2.45, 2.75) is 90.9 Å². The van der Waals surface area contributed by atoms with Crippen LogP contribution in [0, 0.1) is 17.8 Å². The summed E-state index contributed by atoms with van der Waals surface area (Å²) in [6, 6.07) is 11.7. The van der Waals surface area contributed by atoms with E-state index in [1.807, 2.05) is 13.8 Å². The molecular weight excluding hydrogens is 408 g/mol. The number of amides is 1. The molecule has 1 unspecified atom stereocenters. The topological polar surface area (TPSA) is 63.3 Å². The fourth-order valence-corrected chi connectivity index (χ4v) is 6.04. The van der Waals surface area contributed by atoms with Crippen LogP contribution in [-0.4, -0.2) is 40.5 Å². The van der Waals surface area contributed by atoms with Crippen molar-refractivity contribution < 1.29 is 4.79 Å². The first kappa shape index (κ1) is 24.3. The van der Waals surface area contributed by atoms with Crippen LogP contribution in [-0.2, 0) is 11.3 Å². The number of fused-ring (bicyclic) bond motifs is 1. The second-order valence-corrected chi connectivity index (χ2v) is 11.1. The minimum atomic E-state index is -0.461. The number of nitrogens with two attached hydrogens (primary N) is 1. The van der Waals surface area contributed by atoms with E-state index in [1.165, 1.54) is 68.2 Å². The van der Waals surface area contributed by atoms with Gasteiger partial charge in [0, 0.05) is 36.4 Å². The van der Waals surface area contributed by atoms with Crippen molar-refractivity contribution in [1.82, 2.24) is 14.8 Å². The second kappa shape index (κ2) is 10.6. The molecule has 2 fully saturated rings. The molecule has 0 bridgehead atoms. The zero-order valence-corrected chi connectivity index (χ0v) is 21.1. The van der Waals surface area contributed by atoms with Crippen LogP contribution in [0.25, 0.3) is 10.9 Å². The summed E-state index contributed by atoms with van der Waals surface area (Å²) in [5, 5.41) is 4.35. The molecule has 5 nitrogen and oxygen atoms in total. The highest BCUT2D eigenvalue weighted by atomic mass is 16.2. The first-order chi connectivity index (χ1) is 15.8. The van der Waals surface area contributed by atoms with Crippen molar-refractivity contribution in [3.63, 3.8) is 0 Å². The Morgan fingerprint density at radius 3 is 2.30 bits per heavy atom. The number of benzene rings is 1. The minimum absolute atomic E-state index is 0.0615. The summed E-state index contributed by atoms with van der Waals surface area (Å²) in [4.78, 5) is 15.3. The van der Waals surface area contributed by atoms with Crippen molar-refractivity contribution in [3.8, 4) is 0 Å². The van der Waals surface area contributed by atoms with E-state index in [0.717, 1.165) is 17.9 Å². The third-order valence-electron chi connectivity index (χ3n) is 8.36. The lowest BCUT2D eigenvalue weighted by molar-refractivity contribution is -0.123. The van der Waals surface area contributed by atoms with Gasteiger partial charge in [-0.3, -0.25) is 4.79 Å². The van der Waals surface area contributed by atoms with Crippen LogP contribution < -0.4 is 11.1 Å². The van der Waals surface area contributed by atoms with E-state index in [1.54, 1.807) is 0 Å². The second-order valence-electron chi connectivity index (χ2n) is 11.1. The van der Waals surface area contributed by atoms with Crippen molar-refractivity contribution in [2.75, 3.05) is 13.1 Å². The third kappa shape index (κ3) is 5.46. The van der Waals surface area contributed by atoms with E-state index in [-0.39, 0.29) is 11.8 Å². The molecule has 1 aliphatic heterocycles. The van der Waals surface area contributed by atoms with Crippen LogP contribution >= 0.6 is 0 Å². The summed E-state index contributed by atoms with van der Waals surface area (Å²) in [7, 11) is 0. The number of carbonyl (C=O) groups excluding carboxylic acids is 1. The summed E-state index contributed by atoms with van der Waals surface area (Å²) in [5.41, 5.74) is 8.54. The Balaban J connectivity index is 1.43. The van der Waals surface area contributed by atoms with E-state index in [4.69, 9.17) is 5.73 Å². The molecule has 2 aliphatic rings. The molecule has 1 aromatic heterocycles. The van der Waals surface area contributed by atoms with Crippen LogP contribution in [0.4, 0.5) is 0 Å². The molecule has 1 amide bonds. The number of likely N-dealkylation sites (tertiary alicyclic amines) is 1. The number of aromatic nitrogens is 1. The number of nitrogens with one attached hydrogen (secondary N) is 1. The van der Waals surface area contributed by atoms with Gasteiger partial charge in [-0.2, -0.15) is 0 Å². The standard InChI is InChI=1S/C28H44N4O/c1-19(2)21-9-11-23(12-10-21)31-15-13-24(14-16-31)32-25(17-22-7-5-6-8-26(22)32)18-30-28(33)27(29)20(3)4/h5-8,17,19-21,23-24,27H,9-16,18,29H2,1-4H3,(H,30,33). The Morgan fingerprint density at radius 2 is 1.67 bits per heavy atom. The Morgan fingerprint density at radius 1 is 1.00 bits per heavy atom. The van der Waals surface area contributed by atoms with Crippen LogP contribution in [0.15, 0.2) is 30.3 Å². The molecule has 1 saturated heterocycles. The minimum Gasteiger partial charge on any atom is -0.349 e. The summed E-state index contributed by atoms with van der Waals surface area (Å²) in [5.74, 6) is 1.82. The molecular formula is C28H44N4O. The number of nitrogens with zero attached hydrogens (tertiary/aromatic N) is 2. The van der Waals surface area contributed by atoms with Crippen molar-refractivity contribution in [2.24, 2.45) is 23.5 Å². The molecule has 0 spiro atoms. The van der Waals surface area contributed by atoms with Gasteiger partial charge < -0.3 is 20.5 Å². The molecule has 0 radical (unpaired) electrons. The van der Waals surface area contributed by atoms with Gasteiger partial charge in [0.1, 0.15) is 0 Å². The summed E-state index contributed by atoms with van der Waals surface area (Å²) >= 11 is 0. The highest BCUT2D eigenvalue weighted by Gasteiger charge is 2.31. The van der Waals surface area contributed by atoms with Gasteiger partial charge >= 0.3 is 0 Å². The van der Waals surface area contributed by atoms with Gasteiger partial charge in [-0.1, -0.05) is 45.9 Å². The maximum atomic E-state index is 12.5. The van der Waals surface area contributed by atoms with Gasteiger partial charge in [-0.05, 0) is 73.8 Å². The Bertz CT molecular complexity index is 917. The van der Waals surface area contributed by atoms with E-state index in [0.29, 0.717) is 12.6 Å². The van der Waals surface area contributed by atoms with E-state index < -0.39 is 6.04 Å². The normalized spacial score (nSPS) is 24.0. The largest absolute Gasteiger partial charge is 0.349 e. The average molecular weight is 453 g/mol. The lowest BCUT2D eigenvalue weighted by atomic mass is 9.79. The Kier molecular flexibility index (Phi) is 7.80. The molecule has 1 saturated carbocycles. The van der Waals surface area contributed by atoms with Gasteiger partial charge in [0.05, 0.1) is 12.6 Å². The summed E-state index contributed by atoms with van der Waals surface area (Å²) in [6.45, 7) is 11.6. The Labute approximate surface area is 200 Å². The van der Waals surface area contributed by atoms with Gasteiger partial charge in [0.25, 0.3) is 0 Å².